The van der Waals surface area contributed by atoms with E-state index in [1.807, 2.05) is 22.6 Å². The Kier molecular flexibility index (Phi) is 4.32. The Labute approximate surface area is 128 Å². The Balaban J connectivity index is 2.32. The van der Waals surface area contributed by atoms with E-state index in [9.17, 15) is 4.79 Å². The highest BCUT2D eigenvalue weighted by molar-refractivity contribution is 14.1. The van der Waals surface area contributed by atoms with Crippen LogP contribution in [0.4, 0.5) is 5.82 Å². The molecule has 18 heavy (non-hydrogen) atoms. The molecular weight excluding hydrogens is 413 g/mol. The molecule has 0 saturated carbocycles. The van der Waals surface area contributed by atoms with E-state index in [1.54, 1.807) is 0 Å². The lowest BCUT2D eigenvalue weighted by atomic mass is 10.1. The maximum atomic E-state index is 11.6. The van der Waals surface area contributed by atoms with Crippen LogP contribution in [0.3, 0.4) is 0 Å². The molecule has 7 heteroatoms. The third-order valence-corrected chi connectivity index (χ3v) is 4.43. The number of hydrogen-bond donors (Lipinski definition) is 1. The minimum Gasteiger partial charge on any atom is -0.368 e. The average Bonchev–Trinajstić information content (AvgIpc) is 2.30. The van der Waals surface area contributed by atoms with E-state index in [2.05, 4.69) is 44.6 Å². The number of anilines is 1. The summed E-state index contributed by atoms with van der Waals surface area (Å²) in [7, 11) is 0. The summed E-state index contributed by atoms with van der Waals surface area (Å²) in [6.07, 6.45) is 1.55. The number of alkyl halides is 1. The Morgan fingerprint density at radius 1 is 1.72 bits per heavy atom. The lowest BCUT2D eigenvalue weighted by Gasteiger charge is -2.43. The molecule has 0 aliphatic carbocycles. The van der Waals surface area contributed by atoms with Gasteiger partial charge in [-0.05, 0) is 36.4 Å². The number of aromatic nitrogens is 2. The smallest absolute Gasteiger partial charge is 0.266 e. The third kappa shape index (κ3) is 3.05. The number of nitrogens with one attached hydrogen (secondary N) is 1. The summed E-state index contributed by atoms with van der Waals surface area (Å²) in [5, 5.41) is 0.771. The molecule has 1 atom stereocenters. The number of aromatic amines is 1. The van der Waals surface area contributed by atoms with E-state index < -0.39 is 0 Å². The number of hydrogen-bond acceptors (Lipinski definition) is 4. The molecule has 0 spiro atoms. The molecule has 1 N–H and O–H groups in total. The van der Waals surface area contributed by atoms with Crippen molar-refractivity contribution < 1.29 is 4.74 Å². The van der Waals surface area contributed by atoms with Crippen molar-refractivity contribution in [1.29, 1.82) is 0 Å². The van der Waals surface area contributed by atoms with E-state index in [0.717, 1.165) is 24.2 Å². The van der Waals surface area contributed by atoms with E-state index >= 15 is 0 Å². The SMILES string of the molecule is CC1(C)CN(c2nc[nH]c(=O)c2I)CC(CBr)O1. The third-order valence-electron chi connectivity index (χ3n) is 2.73. The second kappa shape index (κ2) is 5.46. The minimum atomic E-state index is -0.246. The van der Waals surface area contributed by atoms with E-state index in [-0.39, 0.29) is 17.3 Å². The quantitative estimate of drug-likeness (QED) is 0.577. The minimum absolute atomic E-state index is 0.0970. The first-order chi connectivity index (χ1) is 8.43. The monoisotopic (exact) mass is 427 g/mol. The summed E-state index contributed by atoms with van der Waals surface area (Å²) >= 11 is 5.49. The van der Waals surface area contributed by atoms with Gasteiger partial charge in [-0.15, -0.1) is 0 Å². The number of morpholine rings is 1. The van der Waals surface area contributed by atoms with Crippen LogP contribution >= 0.6 is 38.5 Å². The molecule has 1 aromatic rings. The van der Waals surface area contributed by atoms with Gasteiger partial charge in [0.1, 0.15) is 9.39 Å². The van der Waals surface area contributed by atoms with Crippen molar-refractivity contribution in [2.75, 3.05) is 23.3 Å². The molecule has 1 aromatic heterocycles. The maximum absolute atomic E-state index is 11.6. The number of H-pyrrole nitrogens is 1. The molecular formula is C11H15BrIN3O2. The number of ether oxygens (including phenoxy) is 1. The van der Waals surface area contributed by atoms with Gasteiger partial charge in [0.2, 0.25) is 0 Å². The van der Waals surface area contributed by atoms with Crippen LogP contribution in [0.1, 0.15) is 13.8 Å². The van der Waals surface area contributed by atoms with Crippen molar-refractivity contribution in [3.05, 3.63) is 20.3 Å². The molecule has 2 rings (SSSR count). The van der Waals surface area contributed by atoms with Crippen molar-refractivity contribution in [3.8, 4) is 0 Å². The van der Waals surface area contributed by atoms with Crippen LogP contribution in [0, 0.1) is 3.57 Å². The molecule has 5 nitrogen and oxygen atoms in total. The van der Waals surface area contributed by atoms with Gasteiger partial charge in [0.05, 0.1) is 18.0 Å². The van der Waals surface area contributed by atoms with Crippen molar-refractivity contribution in [2.45, 2.75) is 25.6 Å². The van der Waals surface area contributed by atoms with E-state index in [0.29, 0.717) is 3.57 Å². The van der Waals surface area contributed by atoms with Crippen molar-refractivity contribution >= 4 is 44.3 Å². The Hall–Kier alpha value is -0.150. The van der Waals surface area contributed by atoms with Crippen LogP contribution in [-0.4, -0.2) is 40.1 Å². The normalized spacial score (nSPS) is 23.1. The number of rotatable bonds is 2. The van der Waals surface area contributed by atoms with E-state index in [4.69, 9.17) is 4.74 Å². The Bertz CT molecular complexity index is 491. The summed E-state index contributed by atoms with van der Waals surface area (Å²) in [4.78, 5) is 20.6. The zero-order chi connectivity index (χ0) is 13.3. The summed E-state index contributed by atoms with van der Waals surface area (Å²) in [6.45, 7) is 5.56. The summed E-state index contributed by atoms with van der Waals surface area (Å²) in [6, 6.07) is 0. The standard InChI is InChI=1S/C11H15BrIN3O2/c1-11(2)5-16(4-7(3-12)18-11)9-8(13)10(17)15-6-14-9/h6-7H,3-5H2,1-2H3,(H,14,15,17). The summed E-state index contributed by atoms with van der Waals surface area (Å²) < 4.78 is 6.57. The van der Waals surface area contributed by atoms with Gasteiger partial charge in [-0.3, -0.25) is 4.79 Å². The second-order valence-electron chi connectivity index (χ2n) is 4.90. The van der Waals surface area contributed by atoms with Gasteiger partial charge in [-0.2, -0.15) is 0 Å². The van der Waals surface area contributed by atoms with Gasteiger partial charge in [0, 0.05) is 18.4 Å². The highest BCUT2D eigenvalue weighted by Crippen LogP contribution is 2.26. The van der Waals surface area contributed by atoms with Gasteiger partial charge in [-0.1, -0.05) is 15.9 Å². The van der Waals surface area contributed by atoms with Crippen LogP contribution in [0.25, 0.3) is 0 Å². The van der Waals surface area contributed by atoms with Gasteiger partial charge in [0.15, 0.2) is 0 Å². The first-order valence-corrected chi connectivity index (χ1v) is 7.85. The molecule has 1 aliphatic heterocycles. The Morgan fingerprint density at radius 3 is 3.11 bits per heavy atom. The van der Waals surface area contributed by atoms with Crippen LogP contribution in [-0.2, 0) is 4.74 Å². The van der Waals surface area contributed by atoms with Crippen LogP contribution in [0.2, 0.25) is 0 Å². The largest absolute Gasteiger partial charge is 0.368 e. The topological polar surface area (TPSA) is 58.2 Å². The van der Waals surface area contributed by atoms with Gasteiger partial charge in [-0.25, -0.2) is 4.98 Å². The second-order valence-corrected chi connectivity index (χ2v) is 6.63. The Morgan fingerprint density at radius 2 is 2.44 bits per heavy atom. The fourth-order valence-electron chi connectivity index (χ4n) is 2.13. The van der Waals surface area contributed by atoms with Crippen LogP contribution in [0.15, 0.2) is 11.1 Å². The molecule has 1 aliphatic rings. The fourth-order valence-corrected chi connectivity index (χ4v) is 3.10. The highest BCUT2D eigenvalue weighted by Gasteiger charge is 2.34. The van der Waals surface area contributed by atoms with Crippen LogP contribution in [0.5, 0.6) is 0 Å². The molecule has 1 unspecified atom stereocenters. The van der Waals surface area contributed by atoms with Crippen molar-refractivity contribution in [3.63, 3.8) is 0 Å². The summed E-state index contributed by atoms with van der Waals surface area (Å²) in [5.74, 6) is 0.738. The van der Waals surface area contributed by atoms with Crippen molar-refractivity contribution in [1.82, 2.24) is 9.97 Å². The predicted octanol–water partition coefficient (Wildman–Crippen LogP) is 1.75. The summed E-state index contributed by atoms with van der Waals surface area (Å²) in [5.41, 5.74) is -0.343. The highest BCUT2D eigenvalue weighted by atomic mass is 127. The van der Waals surface area contributed by atoms with Gasteiger partial charge < -0.3 is 14.6 Å². The average molecular weight is 428 g/mol. The molecule has 2 heterocycles. The molecule has 100 valence electrons. The lowest BCUT2D eigenvalue weighted by molar-refractivity contribution is -0.0726. The molecule has 1 saturated heterocycles. The first kappa shape index (κ1) is 14.3. The number of nitrogens with zero attached hydrogens (tertiary/aromatic N) is 2. The fraction of sp³-hybridized carbons (Fsp3) is 0.636. The zero-order valence-electron chi connectivity index (χ0n) is 10.2. The van der Waals surface area contributed by atoms with Gasteiger partial charge >= 0.3 is 0 Å². The molecule has 1 fully saturated rings. The molecule has 0 aromatic carbocycles. The lowest BCUT2D eigenvalue weighted by Crippen LogP contribution is -2.54. The zero-order valence-corrected chi connectivity index (χ0v) is 14.0. The van der Waals surface area contributed by atoms with E-state index in [1.165, 1.54) is 6.33 Å². The first-order valence-electron chi connectivity index (χ1n) is 5.65. The number of halogens is 2. The molecule has 0 radical (unpaired) electrons. The van der Waals surface area contributed by atoms with Crippen molar-refractivity contribution in [2.24, 2.45) is 0 Å². The maximum Gasteiger partial charge on any atom is 0.266 e. The predicted molar refractivity (Wildman–Crippen MR) is 82.5 cm³/mol. The molecule has 0 bridgehead atoms. The van der Waals surface area contributed by atoms with Gasteiger partial charge in [0.25, 0.3) is 5.56 Å². The molecule has 0 amide bonds. The van der Waals surface area contributed by atoms with Crippen LogP contribution < -0.4 is 10.5 Å².